The summed E-state index contributed by atoms with van der Waals surface area (Å²) in [6.45, 7) is 3.05. The molecule has 1 aromatic heterocycles. The summed E-state index contributed by atoms with van der Waals surface area (Å²) in [5, 5.41) is 2.86. The Morgan fingerprint density at radius 2 is 1.86 bits per heavy atom. The second-order valence-electron chi connectivity index (χ2n) is 5.98. The Bertz CT molecular complexity index is 904. The predicted molar refractivity (Wildman–Crippen MR) is 105 cm³/mol. The molecule has 0 aliphatic heterocycles. The van der Waals surface area contributed by atoms with Gasteiger partial charge in [-0.15, -0.1) is 0 Å². The van der Waals surface area contributed by atoms with Crippen molar-refractivity contribution in [1.29, 1.82) is 0 Å². The van der Waals surface area contributed by atoms with Gasteiger partial charge in [0.05, 0.1) is 20.0 Å². The molecule has 0 unspecified atom stereocenters. The molecule has 3 rings (SSSR count). The number of nitrogens with one attached hydrogen (secondary N) is 1. The van der Waals surface area contributed by atoms with Crippen LogP contribution in [0.25, 0.3) is 0 Å². The Kier molecular flexibility index (Phi) is 6.57. The Balaban J connectivity index is 1.60. The molecule has 6 nitrogen and oxygen atoms in total. The van der Waals surface area contributed by atoms with Gasteiger partial charge in [-0.05, 0) is 42.8 Å². The molecular weight excluding hydrogens is 358 g/mol. The third-order valence-electron chi connectivity index (χ3n) is 4.07. The van der Waals surface area contributed by atoms with Crippen LogP contribution in [0.5, 0.6) is 17.2 Å². The van der Waals surface area contributed by atoms with Crippen molar-refractivity contribution in [3.63, 3.8) is 0 Å². The van der Waals surface area contributed by atoms with Gasteiger partial charge in [0, 0.05) is 12.1 Å². The fourth-order valence-corrected chi connectivity index (χ4v) is 2.69. The van der Waals surface area contributed by atoms with Gasteiger partial charge in [0.2, 0.25) is 0 Å². The van der Waals surface area contributed by atoms with Crippen LogP contribution >= 0.6 is 0 Å². The summed E-state index contributed by atoms with van der Waals surface area (Å²) >= 11 is 0. The molecule has 3 aromatic rings. The van der Waals surface area contributed by atoms with E-state index in [4.69, 9.17) is 18.6 Å². The van der Waals surface area contributed by atoms with E-state index in [-0.39, 0.29) is 18.3 Å². The molecule has 0 aliphatic rings. The van der Waals surface area contributed by atoms with E-state index in [1.54, 1.807) is 13.2 Å². The van der Waals surface area contributed by atoms with Gasteiger partial charge >= 0.3 is 0 Å². The maximum absolute atomic E-state index is 12.5. The second-order valence-corrected chi connectivity index (χ2v) is 5.98. The molecule has 1 heterocycles. The first-order chi connectivity index (χ1) is 13.7. The fourth-order valence-electron chi connectivity index (χ4n) is 2.69. The molecule has 0 bridgehead atoms. The van der Waals surface area contributed by atoms with Crippen molar-refractivity contribution >= 4 is 5.91 Å². The van der Waals surface area contributed by atoms with Crippen LogP contribution in [0.2, 0.25) is 0 Å². The minimum absolute atomic E-state index is 0.244. The first kappa shape index (κ1) is 19.4. The Labute approximate surface area is 164 Å². The zero-order chi connectivity index (χ0) is 19.8. The molecule has 0 spiro atoms. The molecular formula is C22H23NO5. The standard InChI is InChI=1S/C22H23NO5/c1-3-26-19-10-9-16(13-20(19)25-2)14-23-22(24)21-17(11-12-27-21)15-28-18-7-5-4-6-8-18/h4-13H,3,14-15H2,1-2H3,(H,23,24). The molecule has 0 saturated heterocycles. The van der Waals surface area contributed by atoms with Gasteiger partial charge in [0.1, 0.15) is 12.4 Å². The van der Waals surface area contributed by atoms with Gasteiger partial charge in [0.25, 0.3) is 5.91 Å². The van der Waals surface area contributed by atoms with E-state index in [9.17, 15) is 4.79 Å². The van der Waals surface area contributed by atoms with Crippen molar-refractivity contribution in [2.75, 3.05) is 13.7 Å². The smallest absolute Gasteiger partial charge is 0.287 e. The monoisotopic (exact) mass is 381 g/mol. The minimum Gasteiger partial charge on any atom is -0.493 e. The Hall–Kier alpha value is -3.41. The molecule has 146 valence electrons. The van der Waals surface area contributed by atoms with Crippen LogP contribution in [0.1, 0.15) is 28.6 Å². The van der Waals surface area contributed by atoms with Crippen molar-refractivity contribution in [3.8, 4) is 17.2 Å². The third kappa shape index (κ3) is 4.85. The number of benzene rings is 2. The number of ether oxygens (including phenoxy) is 3. The van der Waals surface area contributed by atoms with Crippen LogP contribution in [0, 0.1) is 0 Å². The van der Waals surface area contributed by atoms with Crippen LogP contribution in [-0.4, -0.2) is 19.6 Å². The lowest BCUT2D eigenvalue weighted by Crippen LogP contribution is -2.23. The van der Waals surface area contributed by atoms with E-state index in [0.29, 0.717) is 30.2 Å². The normalized spacial score (nSPS) is 10.4. The van der Waals surface area contributed by atoms with E-state index >= 15 is 0 Å². The number of amides is 1. The molecule has 28 heavy (non-hydrogen) atoms. The van der Waals surface area contributed by atoms with Crippen LogP contribution in [0.15, 0.2) is 65.3 Å². The molecule has 0 radical (unpaired) electrons. The van der Waals surface area contributed by atoms with E-state index < -0.39 is 0 Å². The molecule has 2 aromatic carbocycles. The lowest BCUT2D eigenvalue weighted by atomic mass is 10.2. The first-order valence-electron chi connectivity index (χ1n) is 9.03. The molecule has 0 saturated carbocycles. The van der Waals surface area contributed by atoms with Gasteiger partial charge in [-0.1, -0.05) is 24.3 Å². The van der Waals surface area contributed by atoms with E-state index in [1.165, 1.54) is 6.26 Å². The lowest BCUT2D eigenvalue weighted by molar-refractivity contribution is 0.0919. The average Bonchev–Trinajstić information content (AvgIpc) is 3.21. The zero-order valence-electron chi connectivity index (χ0n) is 15.9. The van der Waals surface area contributed by atoms with Crippen LogP contribution in [0.4, 0.5) is 0 Å². The summed E-state index contributed by atoms with van der Waals surface area (Å²) < 4.78 is 21.9. The number of rotatable bonds is 9. The maximum atomic E-state index is 12.5. The summed E-state index contributed by atoms with van der Waals surface area (Å²) in [7, 11) is 1.59. The van der Waals surface area contributed by atoms with Gasteiger partial charge in [0.15, 0.2) is 17.3 Å². The topological polar surface area (TPSA) is 69.9 Å². The van der Waals surface area contributed by atoms with Crippen molar-refractivity contribution in [2.24, 2.45) is 0 Å². The highest BCUT2D eigenvalue weighted by Crippen LogP contribution is 2.28. The van der Waals surface area contributed by atoms with Gasteiger partial charge in [-0.25, -0.2) is 0 Å². The quantitative estimate of drug-likeness (QED) is 0.602. The number of methoxy groups -OCH3 is 1. The second kappa shape index (κ2) is 9.50. The highest BCUT2D eigenvalue weighted by atomic mass is 16.5. The van der Waals surface area contributed by atoms with Crippen LogP contribution < -0.4 is 19.5 Å². The minimum atomic E-state index is -0.301. The Morgan fingerprint density at radius 1 is 1.04 bits per heavy atom. The highest BCUT2D eigenvalue weighted by Gasteiger charge is 2.16. The molecule has 1 N–H and O–H groups in total. The number of carbonyl (C=O) groups excluding carboxylic acids is 1. The molecule has 0 atom stereocenters. The Morgan fingerprint density at radius 3 is 2.61 bits per heavy atom. The lowest BCUT2D eigenvalue weighted by Gasteiger charge is -2.11. The summed E-state index contributed by atoms with van der Waals surface area (Å²) in [6, 6.07) is 16.7. The molecule has 0 fully saturated rings. The number of carbonyl (C=O) groups is 1. The summed E-state index contributed by atoms with van der Waals surface area (Å²) in [5.41, 5.74) is 1.58. The van der Waals surface area contributed by atoms with Gasteiger partial charge in [-0.3, -0.25) is 4.79 Å². The number of furan rings is 1. The fraction of sp³-hybridized carbons (Fsp3) is 0.227. The van der Waals surface area contributed by atoms with E-state index in [0.717, 1.165) is 11.3 Å². The zero-order valence-corrected chi connectivity index (χ0v) is 15.9. The SMILES string of the molecule is CCOc1ccc(CNC(=O)c2occc2COc2ccccc2)cc1OC. The number of hydrogen-bond donors (Lipinski definition) is 1. The largest absolute Gasteiger partial charge is 0.493 e. The summed E-state index contributed by atoms with van der Waals surface area (Å²) in [5.74, 6) is 1.98. The third-order valence-corrected chi connectivity index (χ3v) is 4.07. The molecule has 0 aliphatic carbocycles. The molecule has 1 amide bonds. The van der Waals surface area contributed by atoms with E-state index in [1.807, 2.05) is 55.5 Å². The van der Waals surface area contributed by atoms with Gasteiger partial charge in [-0.2, -0.15) is 0 Å². The van der Waals surface area contributed by atoms with Crippen molar-refractivity contribution in [3.05, 3.63) is 77.7 Å². The van der Waals surface area contributed by atoms with Gasteiger partial charge < -0.3 is 23.9 Å². The van der Waals surface area contributed by atoms with Crippen LogP contribution in [0.3, 0.4) is 0 Å². The molecule has 6 heteroatoms. The first-order valence-corrected chi connectivity index (χ1v) is 9.03. The number of para-hydroxylation sites is 1. The number of hydrogen-bond acceptors (Lipinski definition) is 5. The highest BCUT2D eigenvalue weighted by molar-refractivity contribution is 5.92. The van der Waals surface area contributed by atoms with Crippen LogP contribution in [-0.2, 0) is 13.2 Å². The van der Waals surface area contributed by atoms with Crippen molar-refractivity contribution in [1.82, 2.24) is 5.32 Å². The van der Waals surface area contributed by atoms with Crippen molar-refractivity contribution in [2.45, 2.75) is 20.1 Å². The predicted octanol–water partition coefficient (Wildman–Crippen LogP) is 4.20. The van der Waals surface area contributed by atoms with E-state index in [2.05, 4.69) is 5.32 Å². The summed E-state index contributed by atoms with van der Waals surface area (Å²) in [6.07, 6.45) is 1.48. The maximum Gasteiger partial charge on any atom is 0.287 e. The average molecular weight is 381 g/mol. The van der Waals surface area contributed by atoms with Crippen molar-refractivity contribution < 1.29 is 23.4 Å². The summed E-state index contributed by atoms with van der Waals surface area (Å²) in [4.78, 5) is 12.5.